The van der Waals surface area contributed by atoms with Crippen LogP contribution in [-0.4, -0.2) is 21.6 Å². The average molecular weight is 660 g/mol. The average Bonchev–Trinajstić information content (AvgIpc) is 3.84. The monoisotopic (exact) mass is 659 g/mol. The van der Waals surface area contributed by atoms with Gasteiger partial charge in [-0.2, -0.15) is 0 Å². The van der Waals surface area contributed by atoms with Gasteiger partial charge in [0.2, 0.25) is 5.95 Å². The van der Waals surface area contributed by atoms with E-state index in [-0.39, 0.29) is 0 Å². The van der Waals surface area contributed by atoms with Gasteiger partial charge >= 0.3 is 0 Å². The Morgan fingerprint density at radius 2 is 1.29 bits per heavy atom. The van der Waals surface area contributed by atoms with Crippen molar-refractivity contribution in [3.8, 4) is 23.0 Å². The molecule has 0 bridgehead atoms. The zero-order valence-corrected chi connectivity index (χ0v) is 28.1. The highest BCUT2D eigenvalue weighted by atomic mass is 16.5. The molecular formula is C45H29N3O3. The lowest BCUT2D eigenvalue weighted by molar-refractivity contribution is 0.415. The predicted octanol–water partition coefficient (Wildman–Crippen LogP) is 12.0. The van der Waals surface area contributed by atoms with Gasteiger partial charge in [0.25, 0.3) is 0 Å². The van der Waals surface area contributed by atoms with E-state index in [9.17, 15) is 0 Å². The molecule has 11 aromatic rings. The second-order valence-corrected chi connectivity index (χ2v) is 13.5. The summed E-state index contributed by atoms with van der Waals surface area (Å²) in [4.78, 5) is 10.9. The number of benzene rings is 7. The van der Waals surface area contributed by atoms with E-state index in [0.29, 0.717) is 11.5 Å². The Labute approximate surface area is 291 Å². The van der Waals surface area contributed by atoms with E-state index < -0.39 is 0 Å². The molecular weight excluding hydrogens is 631 g/mol. The second kappa shape index (κ2) is 10.2. The first-order valence-corrected chi connectivity index (χ1v) is 17.1. The molecule has 0 N–H and O–H groups in total. The minimum atomic E-state index is 0.554. The van der Waals surface area contributed by atoms with Gasteiger partial charge in [-0.1, -0.05) is 90.0 Å². The first kappa shape index (κ1) is 28.2. The van der Waals surface area contributed by atoms with Crippen molar-refractivity contribution in [3.05, 3.63) is 132 Å². The Morgan fingerprint density at radius 1 is 0.569 bits per heavy atom. The zero-order chi connectivity index (χ0) is 34.0. The highest BCUT2D eigenvalue weighted by molar-refractivity contribution is 6.35. The lowest BCUT2D eigenvalue weighted by Crippen LogP contribution is -2.03. The number of ether oxygens (including phenoxy) is 1. The van der Waals surface area contributed by atoms with Crippen LogP contribution in [0.1, 0.15) is 11.1 Å². The summed E-state index contributed by atoms with van der Waals surface area (Å²) in [5, 5.41) is 9.55. The van der Waals surface area contributed by atoms with Crippen LogP contribution < -0.4 is 4.74 Å². The minimum absolute atomic E-state index is 0.554. The fourth-order valence-electron chi connectivity index (χ4n) is 8.29. The summed E-state index contributed by atoms with van der Waals surface area (Å²) in [5.41, 5.74) is 9.87. The van der Waals surface area contributed by atoms with E-state index >= 15 is 0 Å². The minimum Gasteiger partial charge on any atom is -0.497 e. The van der Waals surface area contributed by atoms with Crippen LogP contribution >= 0.6 is 0 Å². The van der Waals surface area contributed by atoms with Gasteiger partial charge in [-0.05, 0) is 72.5 Å². The molecule has 51 heavy (non-hydrogen) atoms. The number of hydrogen-bond acceptors (Lipinski definition) is 5. The number of para-hydroxylation sites is 1. The first-order chi connectivity index (χ1) is 25.1. The fourth-order valence-corrected chi connectivity index (χ4v) is 8.29. The van der Waals surface area contributed by atoms with E-state index in [4.69, 9.17) is 23.5 Å². The zero-order valence-electron chi connectivity index (χ0n) is 28.1. The van der Waals surface area contributed by atoms with Gasteiger partial charge in [-0.3, -0.25) is 4.57 Å². The first-order valence-electron chi connectivity index (χ1n) is 17.1. The Balaban J connectivity index is 1.38. The fraction of sp³-hybridized carbons (Fsp3) is 0.0667. The summed E-state index contributed by atoms with van der Waals surface area (Å²) >= 11 is 0. The van der Waals surface area contributed by atoms with Crippen molar-refractivity contribution >= 4 is 87.4 Å². The molecule has 6 nitrogen and oxygen atoms in total. The van der Waals surface area contributed by atoms with Crippen LogP contribution in [0.4, 0.5) is 0 Å². The number of furan rings is 2. The Hall–Kier alpha value is -6.66. The molecule has 0 aliphatic rings. The number of aromatic nitrogens is 3. The summed E-state index contributed by atoms with van der Waals surface area (Å²) in [6.45, 7) is 4.24. The van der Waals surface area contributed by atoms with E-state index in [0.717, 1.165) is 110 Å². The molecule has 7 aromatic carbocycles. The van der Waals surface area contributed by atoms with Crippen molar-refractivity contribution in [2.24, 2.45) is 0 Å². The number of methoxy groups -OCH3 is 1. The van der Waals surface area contributed by atoms with Crippen molar-refractivity contribution in [1.82, 2.24) is 14.5 Å². The molecule has 0 aliphatic carbocycles. The number of aryl methyl sites for hydroxylation is 2. The van der Waals surface area contributed by atoms with Crippen LogP contribution in [0.5, 0.6) is 5.75 Å². The normalized spacial score (nSPS) is 12.2. The van der Waals surface area contributed by atoms with E-state index in [1.54, 1.807) is 7.11 Å². The molecule has 0 spiro atoms. The largest absolute Gasteiger partial charge is 0.497 e. The number of nitrogens with zero attached hydrogens (tertiary/aromatic N) is 3. The van der Waals surface area contributed by atoms with Crippen molar-refractivity contribution in [2.75, 3.05) is 7.11 Å². The lowest BCUT2D eigenvalue weighted by atomic mass is 9.99. The van der Waals surface area contributed by atoms with Gasteiger partial charge in [0.15, 0.2) is 5.58 Å². The van der Waals surface area contributed by atoms with E-state index in [1.165, 1.54) is 0 Å². The van der Waals surface area contributed by atoms with Crippen LogP contribution in [0.3, 0.4) is 0 Å². The summed E-state index contributed by atoms with van der Waals surface area (Å²) in [5.74, 6) is 1.32. The third-order valence-electron chi connectivity index (χ3n) is 10.3. The van der Waals surface area contributed by atoms with Gasteiger partial charge in [0.05, 0.1) is 28.9 Å². The van der Waals surface area contributed by atoms with Gasteiger partial charge in [0, 0.05) is 27.1 Å². The third kappa shape index (κ3) is 3.87. The highest BCUT2D eigenvalue weighted by Crippen LogP contribution is 2.47. The summed E-state index contributed by atoms with van der Waals surface area (Å²) in [6, 6.07) is 42.1. The van der Waals surface area contributed by atoms with Gasteiger partial charge in [0.1, 0.15) is 33.7 Å². The third-order valence-corrected chi connectivity index (χ3v) is 10.3. The second-order valence-electron chi connectivity index (χ2n) is 13.5. The molecule has 0 amide bonds. The molecule has 0 atom stereocenters. The molecule has 6 heteroatoms. The molecule has 4 heterocycles. The van der Waals surface area contributed by atoms with Gasteiger partial charge in [-0.15, -0.1) is 0 Å². The Morgan fingerprint density at radius 3 is 2.12 bits per heavy atom. The SMILES string of the molecule is COc1ccc2c(c1)c1c3oc4ccccc4c3c3ccccc3c1n2-c1nc(-c2cc(C)cc(C)c2)c2oc3ccc4ccccc4c3c2n1. The Bertz CT molecular complexity index is 3250. The van der Waals surface area contributed by atoms with E-state index in [2.05, 4.69) is 115 Å². The van der Waals surface area contributed by atoms with Crippen molar-refractivity contribution in [2.45, 2.75) is 13.8 Å². The molecule has 11 rings (SSSR count). The molecule has 0 fully saturated rings. The van der Waals surface area contributed by atoms with E-state index in [1.807, 2.05) is 24.3 Å². The van der Waals surface area contributed by atoms with Crippen LogP contribution in [0.15, 0.2) is 130 Å². The summed E-state index contributed by atoms with van der Waals surface area (Å²) < 4.78 is 21.5. The topological polar surface area (TPSA) is 66.2 Å². The van der Waals surface area contributed by atoms with Crippen molar-refractivity contribution in [3.63, 3.8) is 0 Å². The van der Waals surface area contributed by atoms with Gasteiger partial charge in [-0.25, -0.2) is 9.97 Å². The van der Waals surface area contributed by atoms with Crippen LogP contribution in [0.2, 0.25) is 0 Å². The quantitative estimate of drug-likeness (QED) is 0.189. The highest BCUT2D eigenvalue weighted by Gasteiger charge is 2.26. The number of fused-ring (bicyclic) bond motifs is 15. The Kier molecular flexibility index (Phi) is 5.63. The maximum absolute atomic E-state index is 6.78. The van der Waals surface area contributed by atoms with Crippen LogP contribution in [0, 0.1) is 13.8 Å². The number of hydrogen-bond donors (Lipinski definition) is 0. The van der Waals surface area contributed by atoms with Crippen molar-refractivity contribution in [1.29, 1.82) is 0 Å². The molecule has 4 aromatic heterocycles. The number of rotatable bonds is 3. The van der Waals surface area contributed by atoms with Crippen molar-refractivity contribution < 1.29 is 13.6 Å². The van der Waals surface area contributed by atoms with Crippen LogP contribution in [-0.2, 0) is 0 Å². The lowest BCUT2D eigenvalue weighted by Gasteiger charge is -2.12. The molecule has 0 radical (unpaired) electrons. The standard InChI is InChI=1S/C45H29N3O3/c1-24-20-25(2)22-27(21-24)40-44-41(38-29-11-5-4-10-26(29)16-19-36(38)51-44)47-45(46-40)48-34-18-17-28(49-3)23-33(34)39-42(48)31-13-7-6-12-30(31)37-32-14-8-9-15-35(32)50-43(37)39/h4-23H,1-3H3. The maximum atomic E-state index is 6.78. The molecule has 0 unspecified atom stereocenters. The summed E-state index contributed by atoms with van der Waals surface area (Å²) in [7, 11) is 1.70. The maximum Gasteiger partial charge on any atom is 0.236 e. The smallest absolute Gasteiger partial charge is 0.236 e. The summed E-state index contributed by atoms with van der Waals surface area (Å²) in [6.07, 6.45) is 0. The molecule has 0 saturated carbocycles. The predicted molar refractivity (Wildman–Crippen MR) is 207 cm³/mol. The van der Waals surface area contributed by atoms with Crippen LogP contribution in [0.25, 0.3) is 105 Å². The molecule has 0 saturated heterocycles. The molecule has 0 aliphatic heterocycles. The molecule has 242 valence electrons. The van der Waals surface area contributed by atoms with Gasteiger partial charge < -0.3 is 13.6 Å².